The number of nitrogen functional groups attached to an aromatic ring is 1. The Labute approximate surface area is 111 Å². The van der Waals surface area contributed by atoms with Crippen LogP contribution in [0, 0.1) is 0 Å². The van der Waals surface area contributed by atoms with Crippen molar-refractivity contribution >= 4 is 11.6 Å². The van der Waals surface area contributed by atoms with Crippen LogP contribution in [0.25, 0.3) is 0 Å². The van der Waals surface area contributed by atoms with E-state index in [0.717, 1.165) is 5.56 Å². The van der Waals surface area contributed by atoms with Crippen LogP contribution in [-0.4, -0.2) is 22.7 Å². The van der Waals surface area contributed by atoms with Gasteiger partial charge in [-0.05, 0) is 19.1 Å². The molecule has 100 valence electrons. The summed E-state index contributed by atoms with van der Waals surface area (Å²) in [6.45, 7) is 1.80. The fourth-order valence-electron chi connectivity index (χ4n) is 1.62. The van der Waals surface area contributed by atoms with Crippen molar-refractivity contribution in [3.8, 4) is 5.75 Å². The summed E-state index contributed by atoms with van der Waals surface area (Å²) in [6.07, 6.45) is 3.40. The van der Waals surface area contributed by atoms with Crippen LogP contribution >= 0.6 is 0 Å². The standard InChI is InChI=1S/C13H16N4O2/c1-9(10-6-15-16-7-10)17-13(18)8-19-12-5-3-2-4-11(12)14/h2-7,9H,8,14H2,1H3,(H,15,16)(H,17,18). The van der Waals surface area contributed by atoms with Crippen molar-refractivity contribution in [2.24, 2.45) is 0 Å². The van der Waals surface area contributed by atoms with Gasteiger partial charge in [0.25, 0.3) is 5.91 Å². The molecule has 2 aromatic rings. The second kappa shape index (κ2) is 5.90. The van der Waals surface area contributed by atoms with Gasteiger partial charge in [0, 0.05) is 11.8 Å². The van der Waals surface area contributed by atoms with Crippen LogP contribution in [0.5, 0.6) is 5.75 Å². The summed E-state index contributed by atoms with van der Waals surface area (Å²) in [6, 6.07) is 6.94. The van der Waals surface area contributed by atoms with E-state index < -0.39 is 0 Å². The first-order chi connectivity index (χ1) is 9.16. The number of carbonyl (C=O) groups is 1. The van der Waals surface area contributed by atoms with Crippen molar-refractivity contribution < 1.29 is 9.53 Å². The smallest absolute Gasteiger partial charge is 0.258 e. The Bertz CT molecular complexity index is 539. The number of nitrogens with zero attached hydrogens (tertiary/aromatic N) is 1. The molecule has 1 aromatic heterocycles. The summed E-state index contributed by atoms with van der Waals surface area (Å²) in [5.41, 5.74) is 7.14. The summed E-state index contributed by atoms with van der Waals surface area (Å²) >= 11 is 0. The summed E-state index contributed by atoms with van der Waals surface area (Å²) in [5, 5.41) is 9.34. The highest BCUT2D eigenvalue weighted by molar-refractivity contribution is 5.78. The van der Waals surface area contributed by atoms with E-state index in [9.17, 15) is 4.79 Å². The average Bonchev–Trinajstić information content (AvgIpc) is 2.91. The molecule has 4 N–H and O–H groups in total. The third-order valence-electron chi connectivity index (χ3n) is 2.67. The maximum atomic E-state index is 11.7. The molecule has 0 saturated heterocycles. The number of hydrogen-bond donors (Lipinski definition) is 3. The number of para-hydroxylation sites is 2. The van der Waals surface area contributed by atoms with Gasteiger partial charge in [-0.3, -0.25) is 9.89 Å². The molecule has 6 heteroatoms. The number of nitrogens with two attached hydrogens (primary N) is 1. The zero-order valence-corrected chi connectivity index (χ0v) is 10.6. The number of nitrogens with one attached hydrogen (secondary N) is 2. The quantitative estimate of drug-likeness (QED) is 0.705. The molecule has 1 heterocycles. The lowest BCUT2D eigenvalue weighted by molar-refractivity contribution is -0.123. The van der Waals surface area contributed by atoms with Gasteiger partial charge in [-0.25, -0.2) is 0 Å². The minimum atomic E-state index is -0.211. The monoisotopic (exact) mass is 260 g/mol. The van der Waals surface area contributed by atoms with Gasteiger partial charge in [-0.2, -0.15) is 5.10 Å². The molecule has 1 unspecified atom stereocenters. The van der Waals surface area contributed by atoms with Crippen LogP contribution in [0.3, 0.4) is 0 Å². The SMILES string of the molecule is CC(NC(=O)COc1ccccc1N)c1cn[nH]c1. The van der Waals surface area contributed by atoms with E-state index >= 15 is 0 Å². The van der Waals surface area contributed by atoms with Gasteiger partial charge in [0.05, 0.1) is 17.9 Å². The average molecular weight is 260 g/mol. The van der Waals surface area contributed by atoms with E-state index in [1.165, 1.54) is 0 Å². The van der Waals surface area contributed by atoms with E-state index in [1.807, 2.05) is 13.0 Å². The largest absolute Gasteiger partial charge is 0.482 e. The Morgan fingerprint density at radius 2 is 2.32 bits per heavy atom. The zero-order valence-electron chi connectivity index (χ0n) is 10.6. The Morgan fingerprint density at radius 1 is 1.53 bits per heavy atom. The van der Waals surface area contributed by atoms with Crippen LogP contribution in [-0.2, 0) is 4.79 Å². The molecule has 1 aromatic carbocycles. The highest BCUT2D eigenvalue weighted by atomic mass is 16.5. The molecular formula is C13H16N4O2. The molecule has 0 bridgehead atoms. The van der Waals surface area contributed by atoms with E-state index in [2.05, 4.69) is 15.5 Å². The fourth-order valence-corrected chi connectivity index (χ4v) is 1.62. The lowest BCUT2D eigenvalue weighted by atomic mass is 10.2. The molecule has 0 aliphatic rings. The minimum absolute atomic E-state index is 0.0730. The van der Waals surface area contributed by atoms with Gasteiger partial charge in [-0.15, -0.1) is 0 Å². The number of anilines is 1. The first kappa shape index (κ1) is 12.9. The van der Waals surface area contributed by atoms with Gasteiger partial charge in [0.2, 0.25) is 0 Å². The van der Waals surface area contributed by atoms with Crippen molar-refractivity contribution in [3.05, 3.63) is 42.2 Å². The van der Waals surface area contributed by atoms with Gasteiger partial charge >= 0.3 is 0 Å². The second-order valence-corrected chi connectivity index (χ2v) is 4.15. The number of H-pyrrole nitrogens is 1. The lowest BCUT2D eigenvalue weighted by Crippen LogP contribution is -2.31. The predicted molar refractivity (Wildman–Crippen MR) is 71.5 cm³/mol. The first-order valence-corrected chi connectivity index (χ1v) is 5.92. The number of rotatable bonds is 5. The summed E-state index contributed by atoms with van der Waals surface area (Å²) in [5.74, 6) is 0.297. The number of hydrogen-bond acceptors (Lipinski definition) is 4. The maximum Gasteiger partial charge on any atom is 0.258 e. The Hall–Kier alpha value is -2.50. The third kappa shape index (κ3) is 3.48. The van der Waals surface area contributed by atoms with Crippen molar-refractivity contribution in [1.29, 1.82) is 0 Å². The van der Waals surface area contributed by atoms with E-state index in [-0.39, 0.29) is 18.6 Å². The van der Waals surface area contributed by atoms with E-state index in [0.29, 0.717) is 11.4 Å². The Balaban J connectivity index is 1.84. The topological polar surface area (TPSA) is 93.0 Å². The minimum Gasteiger partial charge on any atom is -0.482 e. The highest BCUT2D eigenvalue weighted by Gasteiger charge is 2.11. The molecule has 0 aliphatic heterocycles. The molecule has 0 spiro atoms. The van der Waals surface area contributed by atoms with Gasteiger partial charge in [0.1, 0.15) is 5.75 Å². The third-order valence-corrected chi connectivity index (χ3v) is 2.67. The lowest BCUT2D eigenvalue weighted by Gasteiger charge is -2.13. The number of carbonyl (C=O) groups excluding carboxylic acids is 1. The molecule has 0 radical (unpaired) electrons. The molecule has 0 saturated carbocycles. The Morgan fingerprint density at radius 3 is 3.00 bits per heavy atom. The van der Waals surface area contributed by atoms with E-state index in [1.54, 1.807) is 30.6 Å². The summed E-state index contributed by atoms with van der Waals surface area (Å²) in [7, 11) is 0. The molecule has 2 rings (SSSR count). The molecule has 0 fully saturated rings. The molecule has 6 nitrogen and oxygen atoms in total. The van der Waals surface area contributed by atoms with Gasteiger partial charge < -0.3 is 15.8 Å². The van der Waals surface area contributed by atoms with Crippen LogP contribution < -0.4 is 15.8 Å². The van der Waals surface area contributed by atoms with Crippen molar-refractivity contribution in [3.63, 3.8) is 0 Å². The molecule has 19 heavy (non-hydrogen) atoms. The first-order valence-electron chi connectivity index (χ1n) is 5.92. The number of aromatic nitrogens is 2. The predicted octanol–water partition coefficient (Wildman–Crippen LogP) is 1.25. The van der Waals surface area contributed by atoms with E-state index in [4.69, 9.17) is 10.5 Å². The highest BCUT2D eigenvalue weighted by Crippen LogP contribution is 2.19. The normalized spacial score (nSPS) is 11.8. The maximum absolute atomic E-state index is 11.7. The number of ether oxygens (including phenoxy) is 1. The number of benzene rings is 1. The van der Waals surface area contributed by atoms with Crippen molar-refractivity contribution in [1.82, 2.24) is 15.5 Å². The Kier molecular flexibility index (Phi) is 4.02. The molecular weight excluding hydrogens is 244 g/mol. The summed E-state index contributed by atoms with van der Waals surface area (Å²) in [4.78, 5) is 11.7. The van der Waals surface area contributed by atoms with Crippen LogP contribution in [0.4, 0.5) is 5.69 Å². The van der Waals surface area contributed by atoms with Gasteiger partial charge in [0.15, 0.2) is 6.61 Å². The zero-order chi connectivity index (χ0) is 13.7. The van der Waals surface area contributed by atoms with Gasteiger partial charge in [-0.1, -0.05) is 12.1 Å². The molecule has 1 atom stereocenters. The second-order valence-electron chi connectivity index (χ2n) is 4.15. The molecule has 0 aliphatic carbocycles. The molecule has 1 amide bonds. The summed E-state index contributed by atoms with van der Waals surface area (Å²) < 4.78 is 5.36. The van der Waals surface area contributed by atoms with Crippen LogP contribution in [0.1, 0.15) is 18.5 Å². The van der Waals surface area contributed by atoms with Crippen molar-refractivity contribution in [2.75, 3.05) is 12.3 Å². The van der Waals surface area contributed by atoms with Crippen LogP contribution in [0.15, 0.2) is 36.7 Å². The number of aromatic amines is 1. The van der Waals surface area contributed by atoms with Crippen LogP contribution in [0.2, 0.25) is 0 Å². The fraction of sp³-hybridized carbons (Fsp3) is 0.231. The van der Waals surface area contributed by atoms with Crippen molar-refractivity contribution in [2.45, 2.75) is 13.0 Å². The number of amides is 1.